The molecule has 3 N–H and O–H groups in total. The molecular formula is C32H42O8. The smallest absolute Gasteiger partial charge is 0.331 e. The Bertz CT molecular complexity index is 1220. The zero-order valence-corrected chi connectivity index (χ0v) is 24.2. The van der Waals surface area contributed by atoms with Crippen LogP contribution in [-0.2, 0) is 23.9 Å². The van der Waals surface area contributed by atoms with Gasteiger partial charge in [-0.1, -0.05) is 76.6 Å². The number of esters is 2. The van der Waals surface area contributed by atoms with Gasteiger partial charge in [0.1, 0.15) is 11.7 Å². The molecule has 0 aromatic carbocycles. The number of allylic oxidation sites excluding steroid dienone is 5. The van der Waals surface area contributed by atoms with Crippen LogP contribution in [0.5, 0.6) is 0 Å². The number of ketones is 1. The third kappa shape index (κ3) is 4.35. The topological polar surface area (TPSA) is 130 Å². The van der Waals surface area contributed by atoms with E-state index in [1.807, 2.05) is 26.0 Å². The summed E-state index contributed by atoms with van der Waals surface area (Å²) in [5.74, 6) is -4.80. The highest BCUT2D eigenvalue weighted by Crippen LogP contribution is 2.77. The van der Waals surface area contributed by atoms with E-state index in [-0.39, 0.29) is 6.42 Å². The molecule has 0 unspecified atom stereocenters. The second-order valence-corrected chi connectivity index (χ2v) is 12.3. The molecular weight excluding hydrogens is 512 g/mol. The predicted molar refractivity (Wildman–Crippen MR) is 149 cm³/mol. The fourth-order valence-electron chi connectivity index (χ4n) is 7.83. The number of aliphatic hydroxyl groups excluding tert-OH is 1. The Hall–Kier alpha value is -2.81. The Balaban J connectivity index is 1.78. The van der Waals surface area contributed by atoms with E-state index in [9.17, 15) is 29.7 Å². The van der Waals surface area contributed by atoms with Crippen LogP contribution in [0.4, 0.5) is 0 Å². The summed E-state index contributed by atoms with van der Waals surface area (Å²) in [6.45, 7) is 10.1. The van der Waals surface area contributed by atoms with Gasteiger partial charge < -0.3 is 24.8 Å². The third-order valence-electron chi connectivity index (χ3n) is 9.67. The Morgan fingerprint density at radius 3 is 2.42 bits per heavy atom. The molecule has 40 heavy (non-hydrogen) atoms. The van der Waals surface area contributed by atoms with Crippen molar-refractivity contribution in [2.24, 2.45) is 29.1 Å². The summed E-state index contributed by atoms with van der Waals surface area (Å²) in [7, 11) is 0. The van der Waals surface area contributed by atoms with E-state index in [1.165, 1.54) is 13.0 Å². The lowest BCUT2D eigenvalue weighted by Crippen LogP contribution is -2.66. The molecule has 218 valence electrons. The summed E-state index contributed by atoms with van der Waals surface area (Å²) in [5, 5.41) is 34.6. The minimum Gasteiger partial charge on any atom is -0.455 e. The minimum atomic E-state index is -1.96. The lowest BCUT2D eigenvalue weighted by molar-refractivity contribution is -0.226. The summed E-state index contributed by atoms with van der Waals surface area (Å²) in [4.78, 5) is 38.7. The molecule has 0 amide bonds. The molecule has 2 saturated carbocycles. The number of carbonyl (C=O) groups is 3. The van der Waals surface area contributed by atoms with Gasteiger partial charge in [-0.2, -0.15) is 0 Å². The molecule has 0 aromatic rings. The van der Waals surface area contributed by atoms with Crippen molar-refractivity contribution < 1.29 is 39.2 Å². The van der Waals surface area contributed by atoms with Crippen molar-refractivity contribution in [2.75, 3.05) is 6.61 Å². The van der Waals surface area contributed by atoms with E-state index >= 15 is 0 Å². The van der Waals surface area contributed by atoms with E-state index < -0.39 is 76.3 Å². The van der Waals surface area contributed by atoms with Gasteiger partial charge in [0.05, 0.1) is 12.2 Å². The Morgan fingerprint density at radius 1 is 1.12 bits per heavy atom. The van der Waals surface area contributed by atoms with Crippen LogP contribution in [0, 0.1) is 29.1 Å². The average molecular weight is 555 g/mol. The first-order chi connectivity index (χ1) is 18.7. The van der Waals surface area contributed by atoms with Gasteiger partial charge in [0, 0.05) is 48.5 Å². The number of aliphatic hydroxyl groups is 3. The minimum absolute atomic E-state index is 0.133. The Morgan fingerprint density at radius 2 is 1.80 bits per heavy atom. The molecule has 4 rings (SSSR count). The summed E-state index contributed by atoms with van der Waals surface area (Å²) >= 11 is 0. The average Bonchev–Trinajstić information content (AvgIpc) is 3.31. The molecule has 0 heterocycles. The second-order valence-electron chi connectivity index (χ2n) is 12.3. The quantitative estimate of drug-likeness (QED) is 0.180. The summed E-state index contributed by atoms with van der Waals surface area (Å²) in [6, 6.07) is 0. The fourth-order valence-corrected chi connectivity index (χ4v) is 7.83. The number of fused-ring (bicyclic) bond motifs is 5. The predicted octanol–water partition coefficient (Wildman–Crippen LogP) is 3.52. The molecule has 0 radical (unpaired) electrons. The lowest BCUT2D eigenvalue weighted by atomic mass is 9.59. The van der Waals surface area contributed by atoms with Crippen LogP contribution < -0.4 is 0 Å². The monoisotopic (exact) mass is 554 g/mol. The molecule has 8 heteroatoms. The molecule has 8 atom stereocenters. The zero-order valence-electron chi connectivity index (χ0n) is 24.2. The molecule has 0 bridgehead atoms. The van der Waals surface area contributed by atoms with E-state index in [2.05, 4.69) is 6.92 Å². The van der Waals surface area contributed by atoms with E-state index in [0.29, 0.717) is 11.1 Å². The molecule has 0 aromatic heterocycles. The highest BCUT2D eigenvalue weighted by Gasteiger charge is 2.87. The Kier molecular flexibility index (Phi) is 7.95. The van der Waals surface area contributed by atoms with Gasteiger partial charge in [-0.05, 0) is 24.5 Å². The zero-order chi connectivity index (χ0) is 29.7. The number of unbranched alkanes of at least 4 members (excludes halogenated alkanes) is 1. The number of carbonyl (C=O) groups excluding carboxylic acids is 3. The van der Waals surface area contributed by atoms with Crippen molar-refractivity contribution in [1.29, 1.82) is 0 Å². The van der Waals surface area contributed by atoms with Crippen molar-refractivity contribution in [3.63, 3.8) is 0 Å². The number of ether oxygens (including phenoxy) is 2. The maximum absolute atomic E-state index is 13.2. The lowest BCUT2D eigenvalue weighted by Gasteiger charge is -2.53. The van der Waals surface area contributed by atoms with E-state index in [4.69, 9.17) is 9.47 Å². The van der Waals surface area contributed by atoms with Gasteiger partial charge in [-0.15, -0.1) is 0 Å². The first-order valence-corrected chi connectivity index (χ1v) is 14.1. The molecule has 0 saturated heterocycles. The van der Waals surface area contributed by atoms with Gasteiger partial charge in [-0.3, -0.25) is 9.59 Å². The van der Waals surface area contributed by atoms with Gasteiger partial charge >= 0.3 is 11.9 Å². The number of hydrogen-bond acceptors (Lipinski definition) is 8. The maximum Gasteiger partial charge on any atom is 0.331 e. The SMILES string of the molecule is CCC\C=C/C=C/C=C\C(=O)O[C@@H]1[C@@H](C)[C@@]2(O)[C@@H](C=C(CO)C[C@]3(O)C(=O)C(C)=C[C@@H]23)[C@@H]2C(C)(C)[C@]12OC(C)=O. The molecule has 4 aliphatic carbocycles. The van der Waals surface area contributed by atoms with Crippen molar-refractivity contribution in [3.05, 3.63) is 59.8 Å². The first-order valence-electron chi connectivity index (χ1n) is 14.1. The number of rotatable bonds is 8. The fraction of sp³-hybridized carbons (Fsp3) is 0.594. The Labute approximate surface area is 236 Å². The van der Waals surface area contributed by atoms with E-state index in [1.54, 1.807) is 44.2 Å². The standard InChI is InChI=1S/C32H42O8/c1-7-8-9-10-11-12-13-14-25(35)39-28-20(3)31(38)23(26-29(5,6)32(26,28)40-21(4)34)16-22(18-33)17-30(37)24(31)15-19(2)27(30)36/h9-16,20,23-24,26,28,33,37-38H,7-8,17-18H2,1-6H3/b10-9-,12-11+,14-13-/t20-,23+,24-,26-,28-,30-,31-,32-/m1/s1. The summed E-state index contributed by atoms with van der Waals surface area (Å²) < 4.78 is 12.0. The van der Waals surface area contributed by atoms with E-state index in [0.717, 1.165) is 12.8 Å². The molecule has 0 aliphatic heterocycles. The molecule has 0 spiro atoms. The van der Waals surface area contributed by atoms with Crippen LogP contribution >= 0.6 is 0 Å². The van der Waals surface area contributed by atoms with Crippen molar-refractivity contribution >= 4 is 17.7 Å². The van der Waals surface area contributed by atoms with Crippen LogP contribution in [0.2, 0.25) is 0 Å². The van der Waals surface area contributed by atoms with Crippen molar-refractivity contribution in [1.82, 2.24) is 0 Å². The van der Waals surface area contributed by atoms with Crippen molar-refractivity contribution in [3.8, 4) is 0 Å². The molecule has 4 aliphatic rings. The highest BCUT2D eigenvalue weighted by molar-refractivity contribution is 6.04. The van der Waals surface area contributed by atoms with Crippen molar-refractivity contribution in [2.45, 2.75) is 83.7 Å². The summed E-state index contributed by atoms with van der Waals surface area (Å²) in [6.07, 6.45) is 14.4. The largest absolute Gasteiger partial charge is 0.455 e. The highest BCUT2D eigenvalue weighted by atomic mass is 16.6. The van der Waals surface area contributed by atoms with Crippen LogP contribution in [-0.4, -0.2) is 62.6 Å². The molecule has 8 nitrogen and oxygen atoms in total. The molecule has 2 fully saturated rings. The van der Waals surface area contributed by atoms with Gasteiger partial charge in [0.2, 0.25) is 0 Å². The van der Waals surface area contributed by atoms with Crippen LogP contribution in [0.25, 0.3) is 0 Å². The number of hydrogen-bond donors (Lipinski definition) is 3. The second kappa shape index (κ2) is 10.5. The van der Waals surface area contributed by atoms with Gasteiger partial charge in [0.25, 0.3) is 0 Å². The first kappa shape index (κ1) is 30.2. The van der Waals surface area contributed by atoms with Gasteiger partial charge in [0.15, 0.2) is 11.4 Å². The van der Waals surface area contributed by atoms with Crippen LogP contribution in [0.15, 0.2) is 59.8 Å². The van der Waals surface area contributed by atoms with Gasteiger partial charge in [-0.25, -0.2) is 4.79 Å². The van der Waals surface area contributed by atoms with Crippen LogP contribution in [0.3, 0.4) is 0 Å². The maximum atomic E-state index is 13.2. The van der Waals surface area contributed by atoms with Crippen LogP contribution in [0.1, 0.15) is 60.8 Å². The summed E-state index contributed by atoms with van der Waals surface area (Å²) in [5.41, 5.74) is -4.94. The number of Topliss-reactive ketones (excluding diaryl/α,β-unsaturated/α-hetero) is 1. The normalized spacial score (nSPS) is 39.8. The third-order valence-corrected chi connectivity index (χ3v) is 9.67.